The minimum atomic E-state index is -1.72. The summed E-state index contributed by atoms with van der Waals surface area (Å²) in [4.78, 5) is 11.4. The van der Waals surface area contributed by atoms with Gasteiger partial charge in [-0.05, 0) is 12.8 Å². The number of methoxy groups -OCH3 is 1. The molecule has 4 nitrogen and oxygen atoms in total. The second-order valence-electron chi connectivity index (χ2n) is 6.32. The third-order valence-corrected chi connectivity index (χ3v) is 4.27. The van der Waals surface area contributed by atoms with Crippen molar-refractivity contribution in [1.29, 1.82) is 0 Å². The van der Waals surface area contributed by atoms with Gasteiger partial charge in [-0.3, -0.25) is 0 Å². The Morgan fingerprint density at radius 3 is 1.64 bits per heavy atom. The van der Waals surface area contributed by atoms with Crippen LogP contribution in [0.25, 0.3) is 0 Å². The fourth-order valence-electron chi connectivity index (χ4n) is 2.69. The predicted molar refractivity (Wildman–Crippen MR) is 89.7 cm³/mol. The molecular formula is C18H36O4. The van der Waals surface area contributed by atoms with E-state index in [0.29, 0.717) is 0 Å². The van der Waals surface area contributed by atoms with Crippen molar-refractivity contribution in [1.82, 2.24) is 0 Å². The van der Waals surface area contributed by atoms with Crippen molar-refractivity contribution < 1.29 is 19.7 Å². The Kier molecular flexibility index (Phi) is 13.6. The molecule has 0 aromatic rings. The van der Waals surface area contributed by atoms with E-state index in [0.717, 1.165) is 19.3 Å². The topological polar surface area (TPSA) is 66.8 Å². The largest absolute Gasteiger partial charge is 0.467 e. The molecule has 0 aromatic heterocycles. The average molecular weight is 316 g/mol. The van der Waals surface area contributed by atoms with E-state index < -0.39 is 18.2 Å². The van der Waals surface area contributed by atoms with Crippen LogP contribution in [-0.2, 0) is 9.53 Å². The summed E-state index contributed by atoms with van der Waals surface area (Å²) in [7, 11) is 1.23. The molecule has 4 heteroatoms. The van der Waals surface area contributed by atoms with Crippen molar-refractivity contribution in [3.8, 4) is 0 Å². The molecule has 0 amide bonds. The van der Waals surface area contributed by atoms with Gasteiger partial charge in [-0.1, -0.05) is 77.6 Å². The minimum Gasteiger partial charge on any atom is -0.467 e. The van der Waals surface area contributed by atoms with Gasteiger partial charge in [-0.25, -0.2) is 4.79 Å². The number of esters is 1. The summed E-state index contributed by atoms with van der Waals surface area (Å²) < 4.78 is 4.51. The van der Waals surface area contributed by atoms with E-state index in [-0.39, 0.29) is 6.42 Å². The predicted octanol–water partition coefficient (Wildman–Crippen LogP) is 3.97. The minimum absolute atomic E-state index is 0.271. The van der Waals surface area contributed by atoms with Crippen LogP contribution in [0.4, 0.5) is 0 Å². The molecule has 0 aromatic carbocycles. The fourth-order valence-corrected chi connectivity index (χ4v) is 2.69. The van der Waals surface area contributed by atoms with Crippen LogP contribution in [0.2, 0.25) is 0 Å². The van der Waals surface area contributed by atoms with E-state index in [1.54, 1.807) is 0 Å². The van der Waals surface area contributed by atoms with E-state index in [4.69, 9.17) is 5.11 Å². The maximum absolute atomic E-state index is 11.4. The van der Waals surface area contributed by atoms with Crippen LogP contribution in [0, 0.1) is 0 Å². The van der Waals surface area contributed by atoms with Gasteiger partial charge in [-0.15, -0.1) is 0 Å². The van der Waals surface area contributed by atoms with Gasteiger partial charge in [0.2, 0.25) is 0 Å². The van der Waals surface area contributed by atoms with Gasteiger partial charge in [0.25, 0.3) is 0 Å². The number of rotatable bonds is 15. The van der Waals surface area contributed by atoms with Gasteiger partial charge in [0.05, 0.1) is 13.7 Å². The Balaban J connectivity index is 3.41. The van der Waals surface area contributed by atoms with Crippen LogP contribution in [-0.4, -0.2) is 35.5 Å². The molecular weight excluding hydrogens is 280 g/mol. The molecule has 0 bridgehead atoms. The van der Waals surface area contributed by atoms with Crippen LogP contribution in [0.15, 0.2) is 0 Å². The third kappa shape index (κ3) is 10.2. The number of hydrogen-bond donors (Lipinski definition) is 2. The van der Waals surface area contributed by atoms with Crippen LogP contribution in [0.1, 0.15) is 90.4 Å². The molecule has 0 rings (SSSR count). The van der Waals surface area contributed by atoms with Crippen molar-refractivity contribution in [2.45, 2.75) is 96.0 Å². The van der Waals surface area contributed by atoms with Crippen molar-refractivity contribution in [2.75, 3.05) is 13.7 Å². The molecule has 1 unspecified atom stereocenters. The van der Waals surface area contributed by atoms with Gasteiger partial charge < -0.3 is 14.9 Å². The highest BCUT2D eigenvalue weighted by atomic mass is 16.5. The third-order valence-electron chi connectivity index (χ3n) is 4.27. The lowest BCUT2D eigenvalue weighted by Crippen LogP contribution is -2.43. The second kappa shape index (κ2) is 14.0. The van der Waals surface area contributed by atoms with Gasteiger partial charge >= 0.3 is 5.97 Å². The SMILES string of the molecule is CCCCCCCCCCCCCCC(O)(CO)C(=O)OC. The van der Waals surface area contributed by atoms with E-state index in [2.05, 4.69) is 11.7 Å². The van der Waals surface area contributed by atoms with Gasteiger partial charge in [0.1, 0.15) is 0 Å². The Morgan fingerprint density at radius 2 is 1.27 bits per heavy atom. The summed E-state index contributed by atoms with van der Waals surface area (Å²) in [5, 5.41) is 19.0. The summed E-state index contributed by atoms with van der Waals surface area (Å²) in [6.45, 7) is 1.67. The summed E-state index contributed by atoms with van der Waals surface area (Å²) >= 11 is 0. The van der Waals surface area contributed by atoms with E-state index in [1.807, 2.05) is 0 Å². The zero-order valence-corrected chi connectivity index (χ0v) is 14.6. The molecule has 0 aliphatic rings. The number of ether oxygens (including phenoxy) is 1. The lowest BCUT2D eigenvalue weighted by atomic mass is 9.96. The fraction of sp³-hybridized carbons (Fsp3) is 0.944. The summed E-state index contributed by atoms with van der Waals surface area (Å²) in [5.41, 5.74) is -1.72. The highest BCUT2D eigenvalue weighted by Gasteiger charge is 2.35. The van der Waals surface area contributed by atoms with Crippen LogP contribution in [0.5, 0.6) is 0 Å². The molecule has 0 radical (unpaired) electrons. The number of carbonyl (C=O) groups excluding carboxylic acids is 1. The number of unbranched alkanes of at least 4 members (excludes halogenated alkanes) is 11. The number of hydrogen-bond acceptors (Lipinski definition) is 4. The van der Waals surface area contributed by atoms with E-state index in [1.165, 1.54) is 64.9 Å². The van der Waals surface area contributed by atoms with E-state index >= 15 is 0 Å². The normalized spacial score (nSPS) is 13.8. The number of aliphatic hydroxyl groups is 2. The zero-order valence-electron chi connectivity index (χ0n) is 14.6. The smallest absolute Gasteiger partial charge is 0.340 e. The Labute approximate surface area is 136 Å². The second-order valence-corrected chi connectivity index (χ2v) is 6.32. The van der Waals surface area contributed by atoms with Crippen molar-refractivity contribution in [2.24, 2.45) is 0 Å². The Morgan fingerprint density at radius 1 is 0.864 bits per heavy atom. The maximum Gasteiger partial charge on any atom is 0.340 e. The molecule has 0 heterocycles. The highest BCUT2D eigenvalue weighted by molar-refractivity contribution is 5.79. The quantitative estimate of drug-likeness (QED) is 0.354. The maximum atomic E-state index is 11.4. The first-order chi connectivity index (χ1) is 10.6. The first-order valence-corrected chi connectivity index (χ1v) is 9.02. The molecule has 0 aliphatic heterocycles. The molecule has 0 saturated carbocycles. The number of aliphatic hydroxyl groups excluding tert-OH is 1. The molecule has 1 atom stereocenters. The monoisotopic (exact) mass is 316 g/mol. The van der Waals surface area contributed by atoms with Gasteiger partial charge in [-0.2, -0.15) is 0 Å². The number of carbonyl (C=O) groups is 1. The molecule has 0 saturated heterocycles. The van der Waals surface area contributed by atoms with Crippen molar-refractivity contribution in [3.05, 3.63) is 0 Å². The van der Waals surface area contributed by atoms with Crippen LogP contribution in [0.3, 0.4) is 0 Å². The highest BCUT2D eigenvalue weighted by Crippen LogP contribution is 2.18. The van der Waals surface area contributed by atoms with Crippen molar-refractivity contribution >= 4 is 5.97 Å². The zero-order chi connectivity index (χ0) is 16.7. The first-order valence-electron chi connectivity index (χ1n) is 9.02. The molecule has 0 spiro atoms. The molecule has 2 N–H and O–H groups in total. The van der Waals surface area contributed by atoms with Crippen molar-refractivity contribution in [3.63, 3.8) is 0 Å². The molecule has 0 fully saturated rings. The molecule has 22 heavy (non-hydrogen) atoms. The Hall–Kier alpha value is -0.610. The average Bonchev–Trinajstić information content (AvgIpc) is 2.54. The lowest BCUT2D eigenvalue weighted by molar-refractivity contribution is -0.167. The van der Waals surface area contributed by atoms with Crippen LogP contribution < -0.4 is 0 Å². The van der Waals surface area contributed by atoms with Crippen LogP contribution >= 0.6 is 0 Å². The molecule has 132 valence electrons. The Bertz CT molecular complexity index is 268. The lowest BCUT2D eigenvalue weighted by Gasteiger charge is -2.22. The van der Waals surface area contributed by atoms with Gasteiger partial charge in [0, 0.05) is 0 Å². The molecule has 0 aliphatic carbocycles. The first kappa shape index (κ1) is 21.4. The summed E-state index contributed by atoms with van der Waals surface area (Å²) in [6.07, 6.45) is 15.1. The van der Waals surface area contributed by atoms with E-state index in [9.17, 15) is 9.90 Å². The van der Waals surface area contributed by atoms with Gasteiger partial charge in [0.15, 0.2) is 5.60 Å². The summed E-state index contributed by atoms with van der Waals surface area (Å²) in [6, 6.07) is 0. The summed E-state index contributed by atoms with van der Waals surface area (Å²) in [5.74, 6) is -0.738. The standard InChI is InChI=1S/C18H36O4/c1-3-4-5-6-7-8-9-10-11-12-13-14-15-18(21,16-19)17(20)22-2/h19,21H,3-16H2,1-2H3.